The zero-order valence-electron chi connectivity index (χ0n) is 14.3. The second-order valence-electron chi connectivity index (χ2n) is 5.78. The number of rotatable bonds is 11. The summed E-state index contributed by atoms with van der Waals surface area (Å²) >= 11 is 0. The molecule has 166 valence electrons. The molecule has 0 aromatic rings. The van der Waals surface area contributed by atoms with Gasteiger partial charge in [-0.2, -0.15) is 43.9 Å². The lowest BCUT2D eigenvalue weighted by molar-refractivity contribution is -0.270. The molecule has 0 spiro atoms. The van der Waals surface area contributed by atoms with Crippen molar-refractivity contribution >= 4 is 11.8 Å². The van der Waals surface area contributed by atoms with E-state index in [1.165, 1.54) is 10.6 Å². The standard InChI is InChI=1S/C14H18F10N2O2/c15-11(16,13(19,20)21)9(27)25-7-5-3-1-2-4-6-8-26-10(28)12(17,18)14(22,23)24/h1-8H2,(H,25,27)(H,26,28). The zero-order valence-corrected chi connectivity index (χ0v) is 14.3. The molecule has 2 N–H and O–H groups in total. The van der Waals surface area contributed by atoms with Gasteiger partial charge in [-0.15, -0.1) is 0 Å². The summed E-state index contributed by atoms with van der Waals surface area (Å²) in [6, 6.07) is 0. The fourth-order valence-electron chi connectivity index (χ4n) is 1.84. The molecule has 0 aromatic carbocycles. The van der Waals surface area contributed by atoms with Crippen LogP contribution in [0.15, 0.2) is 0 Å². The molecule has 0 heterocycles. The van der Waals surface area contributed by atoms with Crippen molar-refractivity contribution in [3.8, 4) is 0 Å². The van der Waals surface area contributed by atoms with Gasteiger partial charge in [0.1, 0.15) is 0 Å². The number of amides is 2. The van der Waals surface area contributed by atoms with E-state index in [0.717, 1.165) is 0 Å². The molecule has 0 aromatic heterocycles. The van der Waals surface area contributed by atoms with Crippen molar-refractivity contribution in [3.05, 3.63) is 0 Å². The van der Waals surface area contributed by atoms with Crippen LogP contribution in [0.2, 0.25) is 0 Å². The molecule has 0 aliphatic heterocycles. The summed E-state index contributed by atoms with van der Waals surface area (Å²) in [6.45, 7) is -0.819. The van der Waals surface area contributed by atoms with E-state index in [2.05, 4.69) is 0 Å². The summed E-state index contributed by atoms with van der Waals surface area (Å²) in [6.07, 6.45) is -10.2. The number of halogens is 10. The lowest BCUT2D eigenvalue weighted by Crippen LogP contribution is -2.50. The van der Waals surface area contributed by atoms with Crippen molar-refractivity contribution in [2.24, 2.45) is 0 Å². The van der Waals surface area contributed by atoms with Gasteiger partial charge in [0.15, 0.2) is 0 Å². The predicted molar refractivity (Wildman–Crippen MR) is 75.7 cm³/mol. The molecule has 0 aliphatic carbocycles. The average molecular weight is 436 g/mol. The number of hydrogen-bond acceptors (Lipinski definition) is 2. The van der Waals surface area contributed by atoms with Crippen LogP contribution in [0.5, 0.6) is 0 Å². The number of carbonyl (C=O) groups excluding carboxylic acids is 2. The number of alkyl halides is 10. The first-order chi connectivity index (χ1) is 12.5. The predicted octanol–water partition coefficient (Wildman–Crippen LogP) is 3.95. The topological polar surface area (TPSA) is 58.2 Å². The fraction of sp³-hybridized carbons (Fsp3) is 0.857. The summed E-state index contributed by atoms with van der Waals surface area (Å²) < 4.78 is 122. The molecule has 0 bridgehead atoms. The molecule has 0 unspecified atom stereocenters. The normalized spacial score (nSPS) is 13.4. The van der Waals surface area contributed by atoms with Crippen LogP contribution in [0, 0.1) is 0 Å². The van der Waals surface area contributed by atoms with Crippen LogP contribution in [0.3, 0.4) is 0 Å². The van der Waals surface area contributed by atoms with Gasteiger partial charge in [-0.25, -0.2) is 0 Å². The lowest BCUT2D eigenvalue weighted by atomic mass is 10.1. The van der Waals surface area contributed by atoms with E-state index < -0.39 is 49.1 Å². The van der Waals surface area contributed by atoms with Crippen molar-refractivity contribution in [1.29, 1.82) is 0 Å². The van der Waals surface area contributed by atoms with Crippen molar-refractivity contribution < 1.29 is 53.5 Å². The van der Waals surface area contributed by atoms with Gasteiger partial charge in [0.05, 0.1) is 0 Å². The van der Waals surface area contributed by atoms with E-state index in [1.807, 2.05) is 0 Å². The maximum atomic E-state index is 12.6. The Morgan fingerprint density at radius 2 is 0.750 bits per heavy atom. The zero-order chi connectivity index (χ0) is 22.2. The highest BCUT2D eigenvalue weighted by Gasteiger charge is 2.64. The average Bonchev–Trinajstić information content (AvgIpc) is 2.53. The van der Waals surface area contributed by atoms with Crippen LogP contribution >= 0.6 is 0 Å². The van der Waals surface area contributed by atoms with E-state index in [0.29, 0.717) is 25.7 Å². The van der Waals surface area contributed by atoms with Crippen molar-refractivity contribution in [2.75, 3.05) is 13.1 Å². The van der Waals surface area contributed by atoms with Gasteiger partial charge in [-0.3, -0.25) is 9.59 Å². The third-order valence-electron chi connectivity index (χ3n) is 3.46. The Hall–Kier alpha value is -1.76. The first-order valence-corrected chi connectivity index (χ1v) is 8.01. The Morgan fingerprint density at radius 1 is 0.500 bits per heavy atom. The van der Waals surface area contributed by atoms with Crippen LogP contribution in [-0.2, 0) is 9.59 Å². The summed E-state index contributed by atoms with van der Waals surface area (Å²) in [5.74, 6) is -15.9. The maximum absolute atomic E-state index is 12.6. The number of unbranched alkanes of at least 4 members (excludes halogenated alkanes) is 5. The smallest absolute Gasteiger partial charge is 0.351 e. The minimum atomic E-state index is -5.99. The van der Waals surface area contributed by atoms with Gasteiger partial charge in [-0.1, -0.05) is 25.7 Å². The molecular formula is C14H18F10N2O2. The molecule has 28 heavy (non-hydrogen) atoms. The molecule has 0 saturated carbocycles. The third kappa shape index (κ3) is 7.70. The lowest BCUT2D eigenvalue weighted by Gasteiger charge is -2.18. The third-order valence-corrected chi connectivity index (χ3v) is 3.46. The maximum Gasteiger partial charge on any atom is 0.463 e. The Labute approximate surface area is 153 Å². The molecule has 4 nitrogen and oxygen atoms in total. The summed E-state index contributed by atoms with van der Waals surface area (Å²) in [5.41, 5.74) is 0. The quantitative estimate of drug-likeness (QED) is 0.381. The molecule has 14 heteroatoms. The summed E-state index contributed by atoms with van der Waals surface area (Å²) in [5, 5.41) is 2.92. The molecule has 0 radical (unpaired) electrons. The second kappa shape index (κ2) is 10.1. The molecule has 0 atom stereocenters. The first-order valence-electron chi connectivity index (χ1n) is 8.01. The van der Waals surface area contributed by atoms with E-state index in [9.17, 15) is 53.5 Å². The number of nitrogens with one attached hydrogen (secondary N) is 2. The minimum Gasteiger partial charge on any atom is -0.351 e. The van der Waals surface area contributed by atoms with E-state index in [4.69, 9.17) is 0 Å². The van der Waals surface area contributed by atoms with Gasteiger partial charge < -0.3 is 10.6 Å². The van der Waals surface area contributed by atoms with Crippen molar-refractivity contribution in [3.63, 3.8) is 0 Å². The van der Waals surface area contributed by atoms with Gasteiger partial charge in [0.25, 0.3) is 11.8 Å². The van der Waals surface area contributed by atoms with E-state index in [1.54, 1.807) is 0 Å². The summed E-state index contributed by atoms with van der Waals surface area (Å²) in [4.78, 5) is 21.5. The number of carbonyl (C=O) groups is 2. The highest BCUT2D eigenvalue weighted by molar-refractivity contribution is 5.84. The Balaban J connectivity index is 3.80. The van der Waals surface area contributed by atoms with Gasteiger partial charge in [0.2, 0.25) is 0 Å². The molecule has 0 saturated heterocycles. The van der Waals surface area contributed by atoms with Gasteiger partial charge in [0, 0.05) is 13.1 Å². The Morgan fingerprint density at radius 3 is 1.00 bits per heavy atom. The molecular weight excluding hydrogens is 418 g/mol. The summed E-state index contributed by atoms with van der Waals surface area (Å²) in [7, 11) is 0. The van der Waals surface area contributed by atoms with Crippen LogP contribution in [0.1, 0.15) is 38.5 Å². The first kappa shape index (κ1) is 26.2. The van der Waals surface area contributed by atoms with Gasteiger partial charge in [-0.05, 0) is 12.8 Å². The Bertz CT molecular complexity index is 471. The van der Waals surface area contributed by atoms with Crippen LogP contribution < -0.4 is 10.6 Å². The largest absolute Gasteiger partial charge is 0.463 e. The van der Waals surface area contributed by atoms with Crippen LogP contribution in [0.25, 0.3) is 0 Å². The highest BCUT2D eigenvalue weighted by atomic mass is 19.4. The van der Waals surface area contributed by atoms with E-state index in [-0.39, 0.29) is 12.8 Å². The number of hydrogen-bond donors (Lipinski definition) is 2. The van der Waals surface area contributed by atoms with Gasteiger partial charge >= 0.3 is 24.2 Å². The molecule has 0 rings (SSSR count). The SMILES string of the molecule is O=C(NCCCCCCCCNC(=O)C(F)(F)C(F)(F)F)C(F)(F)C(F)(F)F. The Kier molecular flexibility index (Phi) is 9.50. The fourth-order valence-corrected chi connectivity index (χ4v) is 1.84. The van der Waals surface area contributed by atoms with Crippen molar-refractivity contribution in [1.82, 2.24) is 10.6 Å². The van der Waals surface area contributed by atoms with Crippen LogP contribution in [-0.4, -0.2) is 49.1 Å². The molecule has 0 aliphatic rings. The minimum absolute atomic E-state index is 0.105. The molecule has 0 fully saturated rings. The van der Waals surface area contributed by atoms with Crippen molar-refractivity contribution in [2.45, 2.75) is 62.7 Å². The van der Waals surface area contributed by atoms with Crippen LogP contribution in [0.4, 0.5) is 43.9 Å². The highest BCUT2D eigenvalue weighted by Crippen LogP contribution is 2.36. The monoisotopic (exact) mass is 436 g/mol. The molecule has 2 amide bonds. The second-order valence-corrected chi connectivity index (χ2v) is 5.78. The van der Waals surface area contributed by atoms with E-state index >= 15 is 0 Å².